The van der Waals surface area contributed by atoms with Gasteiger partial charge >= 0.3 is 0 Å². The fourth-order valence-electron chi connectivity index (χ4n) is 5.91. The number of nitrogens with one attached hydrogen (secondary N) is 2. The number of halogens is 1. The molecule has 7 rings (SSSR count). The second-order valence-corrected chi connectivity index (χ2v) is 10.7. The lowest BCUT2D eigenvalue weighted by Gasteiger charge is -2.35. The van der Waals surface area contributed by atoms with Gasteiger partial charge in [-0.25, -0.2) is 9.97 Å². The Kier molecular flexibility index (Phi) is 6.67. The first kappa shape index (κ1) is 25.0. The molecule has 10 heteroatoms. The van der Waals surface area contributed by atoms with Gasteiger partial charge < -0.3 is 25.2 Å². The molecule has 3 aromatic heterocycles. The van der Waals surface area contributed by atoms with E-state index in [9.17, 15) is 9.90 Å². The Labute approximate surface area is 225 Å². The normalized spacial score (nSPS) is 23.2. The summed E-state index contributed by atoms with van der Waals surface area (Å²) in [6.45, 7) is 0.625. The fraction of sp³-hybridized carbons (Fsp3) is 0.429. The van der Waals surface area contributed by atoms with E-state index >= 15 is 0 Å². The summed E-state index contributed by atoms with van der Waals surface area (Å²) in [6.07, 6.45) is 8.67. The zero-order valence-corrected chi connectivity index (χ0v) is 21.9. The minimum absolute atomic E-state index is 0.0174. The highest BCUT2D eigenvalue weighted by atomic mass is 35.5. The van der Waals surface area contributed by atoms with Crippen molar-refractivity contribution in [1.82, 2.24) is 20.3 Å². The number of methoxy groups -OCH3 is 1. The van der Waals surface area contributed by atoms with Gasteiger partial charge in [0.25, 0.3) is 5.91 Å². The van der Waals surface area contributed by atoms with Crippen molar-refractivity contribution in [2.75, 3.05) is 19.0 Å². The molecule has 9 nitrogen and oxygen atoms in total. The van der Waals surface area contributed by atoms with Crippen molar-refractivity contribution in [3.05, 3.63) is 58.4 Å². The Bertz CT molecular complexity index is 1430. The maximum Gasteiger partial charge on any atom is 0.263 e. The number of fused-ring (bicyclic) bond motifs is 6. The van der Waals surface area contributed by atoms with Gasteiger partial charge in [-0.1, -0.05) is 23.3 Å². The fourth-order valence-corrected chi connectivity index (χ4v) is 6.17. The number of carbonyl (C=O) groups is 1. The molecular formula is C28H30ClN5O4. The molecule has 2 bridgehead atoms. The number of rotatable bonds is 7. The van der Waals surface area contributed by atoms with E-state index in [1.807, 2.05) is 18.2 Å². The number of ether oxygens (including phenoxy) is 2. The molecule has 4 aliphatic rings. The van der Waals surface area contributed by atoms with Crippen LogP contribution in [-0.2, 0) is 11.3 Å². The molecule has 3 aliphatic carbocycles. The first-order chi connectivity index (χ1) is 18.4. The van der Waals surface area contributed by atoms with Gasteiger partial charge in [0.05, 0.1) is 29.4 Å². The molecule has 3 atom stereocenters. The quantitative estimate of drug-likeness (QED) is 0.379. The van der Waals surface area contributed by atoms with Crippen LogP contribution in [0.5, 0.6) is 11.6 Å². The summed E-state index contributed by atoms with van der Waals surface area (Å²) in [6, 6.07) is 7.38. The van der Waals surface area contributed by atoms with Crippen LogP contribution in [0.25, 0.3) is 11.0 Å². The van der Waals surface area contributed by atoms with Crippen molar-refractivity contribution < 1.29 is 19.4 Å². The summed E-state index contributed by atoms with van der Waals surface area (Å²) in [4.78, 5) is 25.1. The van der Waals surface area contributed by atoms with Gasteiger partial charge in [-0.3, -0.25) is 9.78 Å². The SMILES string of the molecule is COc1ccc2ncc(Cl)c(C(O)CC3CCC4(NCc5ccc6c(n5)NC(=O)CO6)CC=C3CC4)c2n1. The van der Waals surface area contributed by atoms with Crippen molar-refractivity contribution in [3.8, 4) is 11.6 Å². The van der Waals surface area contributed by atoms with E-state index in [-0.39, 0.29) is 24.0 Å². The van der Waals surface area contributed by atoms with Gasteiger partial charge in [-0.05, 0) is 62.6 Å². The van der Waals surface area contributed by atoms with Crippen molar-refractivity contribution in [2.45, 2.75) is 56.7 Å². The van der Waals surface area contributed by atoms with E-state index in [0.29, 0.717) is 52.0 Å². The third-order valence-electron chi connectivity index (χ3n) is 8.05. The number of aromatic nitrogens is 3. The minimum atomic E-state index is -0.767. The van der Waals surface area contributed by atoms with Crippen molar-refractivity contribution in [1.29, 1.82) is 0 Å². The number of anilines is 1. The monoisotopic (exact) mass is 535 g/mol. The number of aliphatic hydroxyl groups is 1. The lowest BCUT2D eigenvalue weighted by Crippen LogP contribution is -2.44. The highest BCUT2D eigenvalue weighted by Gasteiger charge is 2.38. The molecule has 4 heterocycles. The van der Waals surface area contributed by atoms with E-state index in [1.54, 1.807) is 19.4 Å². The number of carbonyl (C=O) groups excluding carboxylic acids is 1. The highest BCUT2D eigenvalue weighted by Crippen LogP contribution is 2.45. The Balaban J connectivity index is 1.15. The molecule has 3 N–H and O–H groups in total. The molecule has 1 aliphatic heterocycles. The van der Waals surface area contributed by atoms with Crippen LogP contribution in [0, 0.1) is 5.92 Å². The average Bonchev–Trinajstić information content (AvgIpc) is 3.21. The summed E-state index contributed by atoms with van der Waals surface area (Å²) < 4.78 is 10.7. The Morgan fingerprint density at radius 1 is 1.29 bits per heavy atom. The predicted molar refractivity (Wildman–Crippen MR) is 143 cm³/mol. The first-order valence-corrected chi connectivity index (χ1v) is 13.3. The van der Waals surface area contributed by atoms with E-state index < -0.39 is 6.10 Å². The molecule has 38 heavy (non-hydrogen) atoms. The minimum Gasteiger partial charge on any atom is -0.481 e. The molecule has 0 spiro atoms. The van der Waals surface area contributed by atoms with Crippen molar-refractivity contribution in [3.63, 3.8) is 0 Å². The molecule has 1 amide bonds. The molecule has 3 aromatic rings. The number of hydrogen-bond donors (Lipinski definition) is 3. The van der Waals surface area contributed by atoms with E-state index in [1.165, 1.54) is 5.57 Å². The summed E-state index contributed by atoms with van der Waals surface area (Å²) in [5, 5.41) is 18.3. The van der Waals surface area contributed by atoms with Crippen molar-refractivity contribution >= 4 is 34.4 Å². The zero-order valence-electron chi connectivity index (χ0n) is 21.2. The summed E-state index contributed by atoms with van der Waals surface area (Å²) >= 11 is 6.53. The lowest BCUT2D eigenvalue weighted by molar-refractivity contribution is -0.118. The second-order valence-electron chi connectivity index (χ2n) is 10.3. The molecular weight excluding hydrogens is 506 g/mol. The summed E-state index contributed by atoms with van der Waals surface area (Å²) in [5.41, 5.74) is 4.11. The van der Waals surface area contributed by atoms with Crippen LogP contribution >= 0.6 is 11.6 Å². The van der Waals surface area contributed by atoms with Crippen molar-refractivity contribution in [2.24, 2.45) is 5.92 Å². The van der Waals surface area contributed by atoms with Crippen LogP contribution in [-0.4, -0.2) is 45.2 Å². The van der Waals surface area contributed by atoms with Crippen LogP contribution in [0.2, 0.25) is 5.02 Å². The molecule has 1 saturated carbocycles. The Morgan fingerprint density at radius 3 is 3.00 bits per heavy atom. The predicted octanol–water partition coefficient (Wildman–Crippen LogP) is 4.49. The number of pyridine rings is 3. The third-order valence-corrected chi connectivity index (χ3v) is 8.35. The first-order valence-electron chi connectivity index (χ1n) is 13.0. The number of hydrogen-bond acceptors (Lipinski definition) is 8. The maximum absolute atomic E-state index is 11.7. The van der Waals surface area contributed by atoms with Gasteiger partial charge in [0.1, 0.15) is 5.52 Å². The van der Waals surface area contributed by atoms with Crippen LogP contribution < -0.4 is 20.1 Å². The number of nitrogens with zero attached hydrogens (tertiary/aromatic N) is 3. The van der Waals surface area contributed by atoms with Gasteiger partial charge in [0, 0.05) is 29.9 Å². The second kappa shape index (κ2) is 10.1. The number of allylic oxidation sites excluding steroid dienone is 1. The van der Waals surface area contributed by atoms with E-state index in [4.69, 9.17) is 21.1 Å². The lowest BCUT2D eigenvalue weighted by atomic mass is 9.82. The van der Waals surface area contributed by atoms with E-state index in [2.05, 4.69) is 31.7 Å². The molecule has 198 valence electrons. The molecule has 1 fully saturated rings. The third kappa shape index (κ3) is 4.81. The average molecular weight is 536 g/mol. The molecule has 0 radical (unpaired) electrons. The summed E-state index contributed by atoms with van der Waals surface area (Å²) in [7, 11) is 1.56. The molecule has 0 aromatic carbocycles. The van der Waals surface area contributed by atoms with Crippen LogP contribution in [0.3, 0.4) is 0 Å². The summed E-state index contributed by atoms with van der Waals surface area (Å²) in [5.74, 6) is 1.61. The number of aliphatic hydroxyl groups excluding tert-OH is 1. The van der Waals surface area contributed by atoms with Gasteiger partial charge in [0.2, 0.25) is 5.88 Å². The Morgan fingerprint density at radius 2 is 2.18 bits per heavy atom. The number of amides is 1. The van der Waals surface area contributed by atoms with E-state index in [0.717, 1.165) is 37.8 Å². The smallest absolute Gasteiger partial charge is 0.263 e. The highest BCUT2D eigenvalue weighted by molar-refractivity contribution is 6.32. The van der Waals surface area contributed by atoms with Crippen LogP contribution in [0.4, 0.5) is 5.82 Å². The topological polar surface area (TPSA) is 118 Å². The van der Waals surface area contributed by atoms with Crippen LogP contribution in [0.1, 0.15) is 55.9 Å². The largest absolute Gasteiger partial charge is 0.481 e. The Hall–Kier alpha value is -3.27. The van der Waals surface area contributed by atoms with Crippen LogP contribution in [0.15, 0.2) is 42.1 Å². The van der Waals surface area contributed by atoms with Gasteiger partial charge in [-0.15, -0.1) is 0 Å². The van der Waals surface area contributed by atoms with Gasteiger partial charge in [0.15, 0.2) is 18.2 Å². The maximum atomic E-state index is 11.7. The zero-order chi connectivity index (χ0) is 26.3. The molecule has 3 unspecified atom stereocenters. The van der Waals surface area contributed by atoms with Gasteiger partial charge in [-0.2, -0.15) is 0 Å². The molecule has 0 saturated heterocycles. The standard InChI is InChI=1S/C28H30ClN5O4/c1-37-24-5-3-20-26(34-24)25(19(29)14-30-20)21(35)12-17-8-11-28(9-6-16(17)7-10-28)31-13-18-2-4-22-27(32-18)33-23(36)15-38-22/h2-6,14,17,21,31,35H,7-13,15H2,1H3,(H,32,33,36).